The summed E-state index contributed by atoms with van der Waals surface area (Å²) in [5.41, 5.74) is 2.99. The number of ether oxygens (including phenoxy) is 1. The number of nitrogens with one attached hydrogen (secondary N) is 2. The smallest absolute Gasteiger partial charge is 0.412 e. The Bertz CT molecular complexity index is 847. The Morgan fingerprint density at radius 2 is 2.00 bits per heavy atom. The molecule has 1 aromatic carbocycles. The maximum Gasteiger partial charge on any atom is 0.412 e. The Hall–Kier alpha value is -2.82. The molecule has 23 heavy (non-hydrogen) atoms. The number of amides is 1. The highest BCUT2D eigenvalue weighted by molar-refractivity contribution is 5.87. The molecule has 0 fully saturated rings. The number of H-pyrrole nitrogens is 1. The summed E-state index contributed by atoms with van der Waals surface area (Å²) in [6.45, 7) is 5.50. The predicted molar refractivity (Wildman–Crippen MR) is 91.4 cm³/mol. The fourth-order valence-corrected chi connectivity index (χ4v) is 2.30. The summed E-state index contributed by atoms with van der Waals surface area (Å²) in [5.74, 6) is 0. The number of nitrogens with zero attached hydrogens (tertiary/aromatic N) is 1. The third-order valence-corrected chi connectivity index (χ3v) is 3.24. The van der Waals surface area contributed by atoms with Crippen molar-refractivity contribution in [2.75, 3.05) is 5.32 Å². The molecule has 0 radical (unpaired) electrons. The lowest BCUT2D eigenvalue weighted by Gasteiger charge is -2.19. The van der Waals surface area contributed by atoms with Crippen LogP contribution in [0.2, 0.25) is 0 Å². The molecular weight excluding hydrogens is 290 g/mol. The molecule has 0 aliphatic carbocycles. The van der Waals surface area contributed by atoms with Crippen LogP contribution in [-0.2, 0) is 4.74 Å². The van der Waals surface area contributed by atoms with Gasteiger partial charge in [-0.05, 0) is 50.6 Å². The van der Waals surface area contributed by atoms with Crippen LogP contribution in [0.3, 0.4) is 0 Å². The first kappa shape index (κ1) is 15.1. The van der Waals surface area contributed by atoms with Crippen molar-refractivity contribution in [3.05, 3.63) is 48.8 Å². The van der Waals surface area contributed by atoms with Crippen LogP contribution in [0.5, 0.6) is 0 Å². The second-order valence-corrected chi connectivity index (χ2v) is 6.35. The van der Waals surface area contributed by atoms with E-state index in [4.69, 9.17) is 4.74 Å². The Balaban J connectivity index is 1.83. The van der Waals surface area contributed by atoms with Gasteiger partial charge >= 0.3 is 6.09 Å². The summed E-state index contributed by atoms with van der Waals surface area (Å²) >= 11 is 0. The van der Waals surface area contributed by atoms with E-state index < -0.39 is 11.7 Å². The lowest BCUT2D eigenvalue weighted by molar-refractivity contribution is 0.0636. The van der Waals surface area contributed by atoms with Gasteiger partial charge in [-0.2, -0.15) is 0 Å². The van der Waals surface area contributed by atoms with Gasteiger partial charge in [0.25, 0.3) is 0 Å². The van der Waals surface area contributed by atoms with Gasteiger partial charge in [0.2, 0.25) is 0 Å². The predicted octanol–water partition coefficient (Wildman–Crippen LogP) is 4.58. The number of rotatable bonds is 2. The minimum Gasteiger partial charge on any atom is -0.444 e. The van der Waals surface area contributed by atoms with Crippen LogP contribution in [0.15, 0.2) is 48.8 Å². The van der Waals surface area contributed by atoms with Gasteiger partial charge < -0.3 is 9.72 Å². The van der Waals surface area contributed by atoms with Gasteiger partial charge in [0.1, 0.15) is 11.2 Å². The van der Waals surface area contributed by atoms with E-state index in [1.807, 2.05) is 63.5 Å². The van der Waals surface area contributed by atoms with Crippen LogP contribution in [0.25, 0.3) is 22.2 Å². The molecule has 1 amide bonds. The summed E-state index contributed by atoms with van der Waals surface area (Å²) in [5, 5.41) is 3.80. The number of hydrogen-bond acceptors (Lipinski definition) is 3. The van der Waals surface area contributed by atoms with Crippen molar-refractivity contribution in [2.45, 2.75) is 26.4 Å². The van der Waals surface area contributed by atoms with E-state index in [2.05, 4.69) is 21.4 Å². The highest BCUT2D eigenvalue weighted by atomic mass is 16.6. The van der Waals surface area contributed by atoms with Crippen molar-refractivity contribution < 1.29 is 9.53 Å². The summed E-state index contributed by atoms with van der Waals surface area (Å²) in [6, 6.07) is 11.6. The number of aromatic nitrogens is 2. The fourth-order valence-electron chi connectivity index (χ4n) is 2.30. The first-order chi connectivity index (χ1) is 10.9. The third kappa shape index (κ3) is 3.69. The second-order valence-electron chi connectivity index (χ2n) is 6.35. The van der Waals surface area contributed by atoms with E-state index in [1.165, 1.54) is 0 Å². The number of hydrogen-bond donors (Lipinski definition) is 2. The monoisotopic (exact) mass is 309 g/mol. The number of anilines is 1. The lowest BCUT2D eigenvalue weighted by atomic mass is 10.1. The lowest BCUT2D eigenvalue weighted by Crippen LogP contribution is -2.27. The van der Waals surface area contributed by atoms with Gasteiger partial charge in [-0.3, -0.25) is 5.32 Å². The van der Waals surface area contributed by atoms with Crippen molar-refractivity contribution in [1.29, 1.82) is 0 Å². The normalized spacial score (nSPS) is 11.4. The maximum absolute atomic E-state index is 11.9. The van der Waals surface area contributed by atoms with Crippen LogP contribution in [0.4, 0.5) is 10.5 Å². The minimum absolute atomic E-state index is 0.464. The van der Waals surface area contributed by atoms with Crippen molar-refractivity contribution in [2.24, 2.45) is 0 Å². The van der Waals surface area contributed by atoms with Crippen LogP contribution in [0, 0.1) is 0 Å². The van der Waals surface area contributed by atoms with E-state index in [0.717, 1.165) is 22.2 Å². The van der Waals surface area contributed by atoms with E-state index in [9.17, 15) is 4.79 Å². The average Bonchev–Trinajstić information content (AvgIpc) is 2.92. The molecule has 2 N–H and O–H groups in total. The molecule has 5 nitrogen and oxygen atoms in total. The molecule has 0 bridgehead atoms. The summed E-state index contributed by atoms with van der Waals surface area (Å²) in [7, 11) is 0. The fraction of sp³-hybridized carbons (Fsp3) is 0.222. The van der Waals surface area contributed by atoms with Gasteiger partial charge in [-0.15, -0.1) is 0 Å². The van der Waals surface area contributed by atoms with Gasteiger partial charge in [0.05, 0.1) is 0 Å². The molecule has 118 valence electrons. The van der Waals surface area contributed by atoms with Gasteiger partial charge in [0.15, 0.2) is 0 Å². The Labute approximate surface area is 134 Å². The summed E-state index contributed by atoms with van der Waals surface area (Å²) in [6.07, 6.45) is 3.21. The van der Waals surface area contributed by atoms with E-state index >= 15 is 0 Å². The molecule has 0 aliphatic rings. The van der Waals surface area contributed by atoms with Crippen LogP contribution >= 0.6 is 0 Å². The van der Waals surface area contributed by atoms with E-state index in [1.54, 1.807) is 0 Å². The molecule has 5 heteroatoms. The molecular formula is C18H19N3O2. The molecule has 0 spiro atoms. The van der Waals surface area contributed by atoms with Crippen LogP contribution < -0.4 is 5.32 Å². The molecule has 3 aromatic rings. The molecule has 3 rings (SSSR count). The molecule has 0 unspecified atom stereocenters. The van der Waals surface area contributed by atoms with Gasteiger partial charge in [-0.25, -0.2) is 9.78 Å². The van der Waals surface area contributed by atoms with Crippen molar-refractivity contribution in [1.82, 2.24) is 9.97 Å². The Morgan fingerprint density at radius 1 is 1.17 bits per heavy atom. The average molecular weight is 309 g/mol. The number of pyridine rings is 1. The van der Waals surface area contributed by atoms with Crippen molar-refractivity contribution in [3.63, 3.8) is 0 Å². The number of benzene rings is 1. The molecule has 0 atom stereocenters. The van der Waals surface area contributed by atoms with Crippen molar-refractivity contribution in [3.8, 4) is 11.1 Å². The Morgan fingerprint density at radius 3 is 2.78 bits per heavy atom. The highest BCUT2D eigenvalue weighted by Gasteiger charge is 2.16. The zero-order valence-corrected chi connectivity index (χ0v) is 13.4. The topological polar surface area (TPSA) is 67.0 Å². The zero-order valence-electron chi connectivity index (χ0n) is 13.4. The molecule has 2 heterocycles. The van der Waals surface area contributed by atoms with Crippen LogP contribution in [0.1, 0.15) is 20.8 Å². The van der Waals surface area contributed by atoms with E-state index in [0.29, 0.717) is 5.69 Å². The van der Waals surface area contributed by atoms with Gasteiger partial charge in [-0.1, -0.05) is 12.1 Å². The second kappa shape index (κ2) is 5.76. The number of fused-ring (bicyclic) bond motifs is 1. The number of carbonyl (C=O) groups is 1. The SMILES string of the molecule is CC(C)(C)OC(=O)Nc1cccc(-c2cnc3[nH]ccc3c2)c1. The van der Waals surface area contributed by atoms with Crippen LogP contribution in [-0.4, -0.2) is 21.7 Å². The van der Waals surface area contributed by atoms with E-state index in [-0.39, 0.29) is 0 Å². The minimum atomic E-state index is -0.523. The zero-order chi connectivity index (χ0) is 16.4. The Kier molecular flexibility index (Phi) is 3.78. The maximum atomic E-state index is 11.9. The quantitative estimate of drug-likeness (QED) is 0.728. The molecule has 0 aliphatic heterocycles. The third-order valence-electron chi connectivity index (χ3n) is 3.24. The largest absolute Gasteiger partial charge is 0.444 e. The molecule has 0 saturated carbocycles. The van der Waals surface area contributed by atoms with Gasteiger partial charge in [0, 0.05) is 29.0 Å². The molecule has 2 aromatic heterocycles. The summed E-state index contributed by atoms with van der Waals surface area (Å²) < 4.78 is 5.27. The first-order valence-electron chi connectivity index (χ1n) is 7.44. The number of aromatic amines is 1. The van der Waals surface area contributed by atoms with Crippen molar-refractivity contribution >= 4 is 22.8 Å². The molecule has 0 saturated heterocycles. The standard InChI is InChI=1S/C18H19N3O2/c1-18(2,3)23-17(22)21-15-6-4-5-12(10-15)14-9-13-7-8-19-16(13)20-11-14/h4-11H,1-3H3,(H,19,20)(H,21,22). The first-order valence-corrected chi connectivity index (χ1v) is 7.44. The highest BCUT2D eigenvalue weighted by Crippen LogP contribution is 2.25. The number of carbonyl (C=O) groups excluding carboxylic acids is 1. The summed E-state index contributed by atoms with van der Waals surface area (Å²) in [4.78, 5) is 19.3.